The van der Waals surface area contributed by atoms with Crippen LogP contribution in [0.3, 0.4) is 0 Å². The van der Waals surface area contributed by atoms with Crippen molar-refractivity contribution in [3.8, 4) is 17.1 Å². The van der Waals surface area contributed by atoms with Crippen LogP contribution in [0.2, 0.25) is 15.1 Å². The van der Waals surface area contributed by atoms with Crippen LogP contribution in [0.5, 0.6) is 0 Å². The van der Waals surface area contributed by atoms with E-state index >= 15 is 0 Å². The first-order valence-electron chi connectivity index (χ1n) is 40.0. The second-order valence-electron chi connectivity index (χ2n) is 29.1. The molecule has 12 aromatic heterocycles. The summed E-state index contributed by atoms with van der Waals surface area (Å²) in [6, 6.07) is 63.8. The first kappa shape index (κ1) is 73.7. The van der Waals surface area contributed by atoms with Crippen molar-refractivity contribution >= 4 is 145 Å². The van der Waals surface area contributed by atoms with Gasteiger partial charge in [-0.3, -0.25) is 32.9 Å². The number of anilines is 4. The minimum absolute atomic E-state index is 0.0112. The molecule has 0 saturated heterocycles. The van der Waals surface area contributed by atoms with Gasteiger partial charge in [-0.2, -0.15) is 0 Å². The third kappa shape index (κ3) is 15.2. The second kappa shape index (κ2) is 32.9. The highest BCUT2D eigenvalue weighted by atomic mass is 35.5. The predicted molar refractivity (Wildman–Crippen MR) is 476 cm³/mol. The number of H-pyrrole nitrogens is 3. The molecule has 1 fully saturated rings. The van der Waals surface area contributed by atoms with Crippen LogP contribution >= 0.6 is 34.8 Å². The van der Waals surface area contributed by atoms with Gasteiger partial charge in [0.1, 0.15) is 32.0 Å². The average molecular weight is 1640 g/mol. The summed E-state index contributed by atoms with van der Waals surface area (Å²) < 4.78 is 32.2. The molecule has 7 aromatic carbocycles. The molecule has 0 radical (unpaired) electrons. The van der Waals surface area contributed by atoms with Crippen molar-refractivity contribution in [3.05, 3.63) is 341 Å². The maximum absolute atomic E-state index is 13.6. The van der Waals surface area contributed by atoms with Gasteiger partial charge in [0.2, 0.25) is 0 Å². The number of fused-ring (bicyclic) bond motifs is 8. The van der Waals surface area contributed by atoms with E-state index in [1.807, 2.05) is 221 Å². The van der Waals surface area contributed by atoms with Crippen molar-refractivity contribution in [2.75, 3.05) is 21.3 Å². The SMILES string of the molecule is C[C@H](Nc1nccc2ncn(C)c12)c1cc2cccc(Cl)c2c(=O)n1-c1ccccc1.[2H]c1nc2c(N[C@@H](C)c3cc4cccc(C)c4c(=O)n3-c3ccccc3)nccc2[nH]1.[2H]c1nc2c(N[C@@H](C)c3cc4cccc(Cl)c4c(=O)n3-c3ccccc3)nc(C)nc2[nH]1.[2H]c1nc2c(N[C@@H](C)c3cc4cccc(Cl)c4c(=O)n3C3CC3)nccc2[nH]1. The molecule has 4 atom stereocenters. The summed E-state index contributed by atoms with van der Waals surface area (Å²) in [5.74, 6) is 2.90. The molecule has 19 aromatic rings. The smallest absolute Gasteiger partial charge is 0.264 e. The lowest BCUT2D eigenvalue weighted by atomic mass is 10.0. The Morgan fingerprint density at radius 3 is 1.29 bits per heavy atom. The van der Waals surface area contributed by atoms with Crippen molar-refractivity contribution in [1.29, 1.82) is 0 Å². The van der Waals surface area contributed by atoms with E-state index in [0.29, 0.717) is 87.9 Å². The van der Waals surface area contributed by atoms with Gasteiger partial charge < -0.3 is 45.4 Å². The minimum Gasteiger partial charge on any atom is -0.360 e. The normalized spacial score (nSPS) is 13.4. The number of hydrogen-bond acceptors (Lipinski definition) is 17. The van der Waals surface area contributed by atoms with Crippen LogP contribution in [-0.2, 0) is 7.05 Å². The number of para-hydroxylation sites is 3. The monoisotopic (exact) mass is 1640 g/mol. The van der Waals surface area contributed by atoms with E-state index in [1.54, 1.807) is 75.9 Å². The zero-order valence-corrected chi connectivity index (χ0v) is 67.5. The number of nitrogens with one attached hydrogen (secondary N) is 7. The van der Waals surface area contributed by atoms with Crippen molar-refractivity contribution in [2.24, 2.45) is 7.05 Å². The molecular formula is C91H78Cl3N21O4. The highest BCUT2D eigenvalue weighted by molar-refractivity contribution is 6.36. The Kier molecular flexibility index (Phi) is 20.4. The highest BCUT2D eigenvalue weighted by Gasteiger charge is 2.31. The topological polar surface area (TPSA) is 304 Å². The van der Waals surface area contributed by atoms with E-state index in [0.717, 1.165) is 102 Å². The zero-order chi connectivity index (χ0) is 84.9. The van der Waals surface area contributed by atoms with Gasteiger partial charge in [-0.05, 0) is 179 Å². The van der Waals surface area contributed by atoms with Crippen LogP contribution in [0.15, 0.2) is 269 Å². The number of hydrogen-bond donors (Lipinski definition) is 7. The molecular weight excluding hydrogens is 1560 g/mol. The van der Waals surface area contributed by atoms with Gasteiger partial charge in [0.05, 0.1) is 103 Å². The molecule has 12 heterocycles. The maximum atomic E-state index is 13.6. The second-order valence-corrected chi connectivity index (χ2v) is 30.3. The average Bonchev–Trinajstić information content (AvgIpc) is 1.26. The molecule has 7 N–H and O–H groups in total. The largest absolute Gasteiger partial charge is 0.360 e. The van der Waals surface area contributed by atoms with E-state index in [2.05, 4.69) is 87.1 Å². The number of pyridine rings is 7. The van der Waals surface area contributed by atoms with Crippen LogP contribution in [0.1, 0.15) is 109 Å². The number of halogens is 3. The molecule has 28 heteroatoms. The van der Waals surface area contributed by atoms with Gasteiger partial charge in [0.25, 0.3) is 22.2 Å². The van der Waals surface area contributed by atoms with E-state index in [1.165, 1.54) is 0 Å². The van der Waals surface area contributed by atoms with E-state index in [9.17, 15) is 19.2 Å². The number of aromatic amines is 3. The quantitative estimate of drug-likeness (QED) is 0.0473. The molecule has 1 aliphatic carbocycles. The molecule has 0 spiro atoms. The third-order valence-electron chi connectivity index (χ3n) is 21.1. The van der Waals surface area contributed by atoms with E-state index < -0.39 is 0 Å². The lowest BCUT2D eigenvalue weighted by Crippen LogP contribution is -2.26. The van der Waals surface area contributed by atoms with Gasteiger partial charge in [-0.25, -0.2) is 44.9 Å². The third-order valence-corrected chi connectivity index (χ3v) is 22.0. The highest BCUT2D eigenvalue weighted by Crippen LogP contribution is 2.39. The predicted octanol–water partition coefficient (Wildman–Crippen LogP) is 19.1. The summed E-state index contributed by atoms with van der Waals surface area (Å²) in [6.45, 7) is 11.7. The van der Waals surface area contributed by atoms with E-state index in [4.69, 9.17) is 38.9 Å². The molecule has 0 amide bonds. The summed E-state index contributed by atoms with van der Waals surface area (Å²) in [6.07, 6.45) is 9.00. The van der Waals surface area contributed by atoms with Crippen molar-refractivity contribution in [2.45, 2.75) is 84.6 Å². The lowest BCUT2D eigenvalue weighted by molar-refractivity contribution is 0.636. The Morgan fingerprint density at radius 2 is 0.807 bits per heavy atom. The molecule has 1 aliphatic rings. The number of rotatable bonds is 16. The molecule has 592 valence electrons. The first-order chi connectivity index (χ1) is 59.0. The standard InChI is InChI=1S/C24H20ClN5O.C24H21N5O.C23H19ClN6O.C20H18ClN5O/c1-15(28-23-22-19(11-12-26-23)27-14-29(22)2)20-13-16-7-6-10-18(25)21(16)24(31)30(20)17-8-4-3-5-9-17;1-15-7-6-8-17-13-20(29(24(30)21(15)17)18-9-4-3-5-10-18)16(2)28-23-22-19(11-12-25-23)26-14-27-22;1-13(27-22-20-21(26-12-25-20)28-14(2)29-22)18-11-15-7-6-10-17(24)19(15)23(31)30(18)16-8-4-3-5-9-16;1-11(25-19-18-15(7-8-22-19)23-10-24-18)16-9-12-3-2-4-14(21)17(12)20(27)26(16)13-5-6-13/h3-15H,1-2H3,(H,26,28);3-14,16H,1-2H3,(H,25,28)(H,26,27);3-13H,1-2H3,(H2,25,26,27,28,29);2-4,7-11,13H,5-6H2,1H3,(H,22,25)(H,23,24)/t15-;16-;13-;11-/m0000/s1/i;14D;12D;10D. The van der Waals surface area contributed by atoms with Crippen LogP contribution in [-0.4, -0.2) is 82.6 Å². The van der Waals surface area contributed by atoms with Gasteiger partial charge in [0, 0.05) is 71.5 Å². The van der Waals surface area contributed by atoms with Gasteiger partial charge >= 0.3 is 0 Å². The Bertz CT molecular complexity index is 7520. The summed E-state index contributed by atoms with van der Waals surface area (Å²) >= 11 is 19.1. The van der Waals surface area contributed by atoms with Gasteiger partial charge in [-0.1, -0.05) is 144 Å². The number of imidazole rings is 4. The molecule has 25 nitrogen and oxygen atoms in total. The molecule has 0 unspecified atom stereocenters. The number of aryl methyl sites for hydroxylation is 3. The zero-order valence-electron chi connectivity index (χ0n) is 68.3. The van der Waals surface area contributed by atoms with Crippen molar-refractivity contribution in [3.63, 3.8) is 0 Å². The Morgan fingerprint density at radius 1 is 0.412 bits per heavy atom. The number of aromatic nitrogens is 17. The lowest BCUT2D eigenvalue weighted by Gasteiger charge is -2.22. The van der Waals surface area contributed by atoms with Crippen LogP contribution in [0.4, 0.5) is 23.3 Å². The van der Waals surface area contributed by atoms with Crippen LogP contribution in [0, 0.1) is 13.8 Å². The van der Waals surface area contributed by atoms with Crippen molar-refractivity contribution < 1.29 is 4.11 Å². The summed E-state index contributed by atoms with van der Waals surface area (Å²) in [5.41, 5.74) is 11.5. The fraction of sp³-hybridized carbons (Fsp3) is 0.154. The molecule has 20 rings (SSSR count). The van der Waals surface area contributed by atoms with Crippen LogP contribution in [0.25, 0.3) is 104 Å². The fourth-order valence-corrected chi connectivity index (χ4v) is 16.1. The Labute approximate surface area is 698 Å². The maximum Gasteiger partial charge on any atom is 0.264 e. The number of nitrogens with zero attached hydrogens (tertiary/aromatic N) is 14. The number of benzene rings is 7. The minimum atomic E-state index is -0.324. The van der Waals surface area contributed by atoms with Gasteiger partial charge in [-0.15, -0.1) is 0 Å². The molecule has 119 heavy (non-hydrogen) atoms. The van der Waals surface area contributed by atoms with E-state index in [-0.39, 0.29) is 71.4 Å². The Balaban J connectivity index is 0.000000116. The molecule has 0 bridgehead atoms. The summed E-state index contributed by atoms with van der Waals surface area (Å²) in [5, 5.41) is 20.5. The van der Waals surface area contributed by atoms with Gasteiger partial charge in [0.15, 0.2) is 28.9 Å². The molecule has 0 aliphatic heterocycles. The summed E-state index contributed by atoms with van der Waals surface area (Å²) in [7, 11) is 1.94. The molecule has 1 saturated carbocycles. The van der Waals surface area contributed by atoms with Crippen LogP contribution < -0.4 is 43.5 Å². The summed E-state index contributed by atoms with van der Waals surface area (Å²) in [4.78, 5) is 102. The van der Waals surface area contributed by atoms with Crippen molar-refractivity contribution in [1.82, 2.24) is 82.6 Å². The fourth-order valence-electron chi connectivity index (χ4n) is 15.3. The first-order valence-corrected chi connectivity index (χ1v) is 39.6. The Hall–Kier alpha value is -14.1.